The van der Waals surface area contributed by atoms with E-state index in [9.17, 15) is 14.7 Å². The molecule has 0 saturated carbocycles. The van der Waals surface area contributed by atoms with E-state index >= 15 is 0 Å². The van der Waals surface area contributed by atoms with Crippen molar-refractivity contribution in [1.82, 2.24) is 9.55 Å². The maximum absolute atomic E-state index is 11.7. The molecular weight excluding hydrogens is 367 g/mol. The van der Waals surface area contributed by atoms with E-state index in [1.165, 1.54) is 0 Å². The number of terminal acetylenes is 1. The van der Waals surface area contributed by atoms with Gasteiger partial charge in [0.2, 0.25) is 0 Å². The summed E-state index contributed by atoms with van der Waals surface area (Å²) in [6.07, 6.45) is 3.75. The lowest BCUT2D eigenvalue weighted by atomic mass is 10.2. The van der Waals surface area contributed by atoms with Crippen LogP contribution in [-0.2, 0) is 4.74 Å². The summed E-state index contributed by atoms with van der Waals surface area (Å²) in [4.78, 5) is 25.1. The number of alkyl halides is 1. The minimum atomic E-state index is -0.994. The molecule has 3 N–H and O–H groups in total. The van der Waals surface area contributed by atoms with Crippen LogP contribution in [0.3, 0.4) is 0 Å². The summed E-state index contributed by atoms with van der Waals surface area (Å²) in [5, 5.41) is 19.1. The number of aliphatic hydroxyl groups is 2. The number of H-pyrrole nitrogens is 1. The fraction of sp³-hybridized carbons (Fsp3) is 0.455. The van der Waals surface area contributed by atoms with Gasteiger partial charge in [-0.1, -0.05) is 28.5 Å². The van der Waals surface area contributed by atoms with Crippen molar-refractivity contribution in [3.63, 3.8) is 0 Å². The van der Waals surface area contributed by atoms with E-state index in [0.717, 1.165) is 10.8 Å². The molecule has 0 amide bonds. The highest BCUT2D eigenvalue weighted by Gasteiger charge is 2.43. The van der Waals surface area contributed by atoms with Crippen LogP contribution in [0.25, 0.3) is 0 Å². The van der Waals surface area contributed by atoms with E-state index in [2.05, 4.69) is 10.9 Å². The lowest BCUT2D eigenvalue weighted by Gasteiger charge is -2.17. The Labute approximate surface area is 121 Å². The molecule has 1 fully saturated rings. The number of nitrogens with zero attached hydrogens (tertiary/aromatic N) is 1. The summed E-state index contributed by atoms with van der Waals surface area (Å²) in [6, 6.07) is 0. The van der Waals surface area contributed by atoms with Crippen molar-refractivity contribution in [3.8, 4) is 12.3 Å². The Hall–Kier alpha value is -1.15. The molecule has 102 valence electrons. The summed E-state index contributed by atoms with van der Waals surface area (Å²) < 4.78 is 6.06. The molecule has 1 aliphatic heterocycles. The average Bonchev–Trinajstić information content (AvgIpc) is 2.67. The Morgan fingerprint density at radius 2 is 2.26 bits per heavy atom. The lowest BCUT2D eigenvalue weighted by Crippen LogP contribution is -2.37. The normalized spacial score (nSPS) is 30.2. The fourth-order valence-corrected chi connectivity index (χ4v) is 2.61. The summed E-state index contributed by atoms with van der Waals surface area (Å²) >= 11 is 1.94. The zero-order valence-electron chi connectivity index (χ0n) is 9.62. The van der Waals surface area contributed by atoms with Crippen molar-refractivity contribution in [3.05, 3.63) is 32.6 Å². The molecule has 1 aliphatic rings. The number of hydrogen-bond acceptors (Lipinski definition) is 5. The van der Waals surface area contributed by atoms with Gasteiger partial charge in [0.05, 0.1) is 16.6 Å². The third-order valence-electron chi connectivity index (χ3n) is 2.87. The Morgan fingerprint density at radius 1 is 1.58 bits per heavy atom. The number of aromatic amines is 1. The Balaban J connectivity index is 2.46. The zero-order valence-corrected chi connectivity index (χ0v) is 11.8. The van der Waals surface area contributed by atoms with Gasteiger partial charge in [-0.2, -0.15) is 0 Å². The van der Waals surface area contributed by atoms with Crippen molar-refractivity contribution in [1.29, 1.82) is 0 Å². The molecule has 0 spiro atoms. The van der Waals surface area contributed by atoms with Crippen LogP contribution < -0.4 is 11.2 Å². The third-order valence-corrected chi connectivity index (χ3v) is 4.40. The molecule has 2 heterocycles. The Bertz CT molecular complexity index is 631. The van der Waals surface area contributed by atoms with Crippen molar-refractivity contribution in [2.24, 2.45) is 0 Å². The first-order valence-electron chi connectivity index (χ1n) is 5.40. The van der Waals surface area contributed by atoms with Crippen LogP contribution in [-0.4, -0.2) is 42.5 Å². The van der Waals surface area contributed by atoms with Crippen LogP contribution in [0, 0.1) is 12.3 Å². The SMILES string of the molecule is C#Cc1cn([C@H]2O[C@@H](CO)C(I)C2O)c(=O)[nH]c1=O. The van der Waals surface area contributed by atoms with Crippen molar-refractivity contribution in [2.45, 2.75) is 22.4 Å². The monoisotopic (exact) mass is 378 g/mol. The number of ether oxygens (including phenoxy) is 1. The van der Waals surface area contributed by atoms with E-state index in [1.54, 1.807) is 0 Å². The first-order chi connectivity index (χ1) is 8.99. The van der Waals surface area contributed by atoms with Crippen LogP contribution in [0.1, 0.15) is 11.8 Å². The van der Waals surface area contributed by atoms with Crippen molar-refractivity contribution < 1.29 is 14.9 Å². The molecule has 0 radical (unpaired) electrons. The molecule has 4 atom stereocenters. The van der Waals surface area contributed by atoms with Gasteiger partial charge in [0, 0.05) is 6.20 Å². The van der Waals surface area contributed by atoms with Crippen LogP contribution in [0.5, 0.6) is 0 Å². The first-order valence-corrected chi connectivity index (χ1v) is 6.64. The van der Waals surface area contributed by atoms with Gasteiger partial charge >= 0.3 is 5.69 Å². The van der Waals surface area contributed by atoms with Crippen LogP contribution in [0.2, 0.25) is 0 Å². The highest BCUT2D eigenvalue weighted by Crippen LogP contribution is 2.33. The smallest absolute Gasteiger partial charge is 0.330 e. The third kappa shape index (κ3) is 2.46. The molecular formula is C11H11IN2O5. The summed E-state index contributed by atoms with van der Waals surface area (Å²) in [5.41, 5.74) is -1.43. The predicted octanol–water partition coefficient (Wildman–Crippen LogP) is -1.43. The summed E-state index contributed by atoms with van der Waals surface area (Å²) in [5.74, 6) is 2.15. The topological polar surface area (TPSA) is 105 Å². The second-order valence-corrected chi connectivity index (χ2v) is 5.47. The zero-order chi connectivity index (χ0) is 14.2. The van der Waals surface area contributed by atoms with Crippen molar-refractivity contribution >= 4 is 22.6 Å². The molecule has 1 aromatic rings. The first kappa shape index (κ1) is 14.3. The number of aliphatic hydroxyl groups excluding tert-OH is 2. The average molecular weight is 378 g/mol. The van der Waals surface area contributed by atoms with Gasteiger partial charge in [-0.05, 0) is 0 Å². The standard InChI is InChI=1S/C11H11IN2O5/c1-2-5-3-14(11(18)13-9(5)17)10-8(16)7(12)6(4-15)19-10/h1,3,6-8,10,15-16H,4H2,(H,13,17,18)/t6-,7?,8?,10-/m0/s1. The number of rotatable bonds is 2. The highest BCUT2D eigenvalue weighted by atomic mass is 127. The fourth-order valence-electron chi connectivity index (χ4n) is 1.86. The molecule has 2 unspecified atom stereocenters. The van der Waals surface area contributed by atoms with Crippen LogP contribution >= 0.6 is 22.6 Å². The molecule has 1 saturated heterocycles. The van der Waals surface area contributed by atoms with Crippen LogP contribution in [0.4, 0.5) is 0 Å². The molecule has 2 rings (SSSR count). The molecule has 1 aromatic heterocycles. The van der Waals surface area contributed by atoms with Gasteiger partial charge < -0.3 is 14.9 Å². The van der Waals surface area contributed by atoms with Crippen molar-refractivity contribution in [2.75, 3.05) is 6.61 Å². The lowest BCUT2D eigenvalue weighted by molar-refractivity contribution is -0.0530. The number of halogens is 1. The molecule has 7 nitrogen and oxygen atoms in total. The predicted molar refractivity (Wildman–Crippen MR) is 74.1 cm³/mol. The van der Waals surface area contributed by atoms with E-state index in [-0.39, 0.29) is 16.1 Å². The molecule has 0 aromatic carbocycles. The molecule has 0 bridgehead atoms. The van der Waals surface area contributed by atoms with Gasteiger partial charge in [0.1, 0.15) is 11.7 Å². The largest absolute Gasteiger partial charge is 0.394 e. The molecule has 8 heteroatoms. The van der Waals surface area contributed by atoms with Gasteiger partial charge in [-0.3, -0.25) is 14.3 Å². The summed E-state index contributed by atoms with van der Waals surface area (Å²) in [6.45, 7) is -0.277. The maximum Gasteiger partial charge on any atom is 0.330 e. The van der Waals surface area contributed by atoms with Gasteiger partial charge in [-0.25, -0.2) is 4.79 Å². The van der Waals surface area contributed by atoms with Gasteiger partial charge in [-0.15, -0.1) is 6.42 Å². The second-order valence-electron chi connectivity index (χ2n) is 4.04. The second kappa shape index (κ2) is 5.46. The highest BCUT2D eigenvalue weighted by molar-refractivity contribution is 14.1. The van der Waals surface area contributed by atoms with Crippen LogP contribution in [0.15, 0.2) is 15.8 Å². The maximum atomic E-state index is 11.7. The minimum Gasteiger partial charge on any atom is -0.394 e. The van der Waals surface area contributed by atoms with Gasteiger partial charge in [0.15, 0.2) is 6.23 Å². The van der Waals surface area contributed by atoms with Gasteiger partial charge in [0.25, 0.3) is 5.56 Å². The number of hydrogen-bond donors (Lipinski definition) is 3. The minimum absolute atomic E-state index is 0.0344. The number of aromatic nitrogens is 2. The summed E-state index contributed by atoms with van der Waals surface area (Å²) in [7, 11) is 0. The quantitative estimate of drug-likeness (QED) is 0.333. The van der Waals surface area contributed by atoms with E-state index < -0.39 is 29.7 Å². The van der Waals surface area contributed by atoms with E-state index in [1.807, 2.05) is 22.6 Å². The Morgan fingerprint density at radius 3 is 2.79 bits per heavy atom. The van der Waals surface area contributed by atoms with E-state index in [4.69, 9.17) is 16.3 Å². The number of nitrogens with one attached hydrogen (secondary N) is 1. The molecule has 19 heavy (non-hydrogen) atoms. The van der Waals surface area contributed by atoms with E-state index in [0.29, 0.717) is 0 Å². The Kier molecular flexibility index (Phi) is 4.10. The molecule has 0 aliphatic carbocycles.